The van der Waals surface area contributed by atoms with Gasteiger partial charge in [-0.05, 0) is 12.1 Å². The maximum atomic E-state index is 5.50. The van der Waals surface area contributed by atoms with Crippen LogP contribution in [0.3, 0.4) is 0 Å². The number of nitrogens with zero attached hydrogens (tertiary/aromatic N) is 2. The summed E-state index contributed by atoms with van der Waals surface area (Å²) < 4.78 is 5.06. The second-order valence-electron chi connectivity index (χ2n) is 2.51. The van der Waals surface area contributed by atoms with E-state index in [1.54, 1.807) is 19.4 Å². The molecule has 0 aromatic carbocycles. The van der Waals surface area contributed by atoms with Crippen LogP contribution in [0.1, 0.15) is 5.76 Å². The van der Waals surface area contributed by atoms with Gasteiger partial charge >= 0.3 is 0 Å². The maximum Gasteiger partial charge on any atom is 0.195 e. The Labute approximate surface area is 81.7 Å². The fourth-order valence-electron chi connectivity index (χ4n) is 0.792. The number of hydrogen-bond donors (Lipinski definition) is 3. The van der Waals surface area contributed by atoms with E-state index < -0.39 is 0 Å². The van der Waals surface area contributed by atoms with Gasteiger partial charge in [-0.25, -0.2) is 4.99 Å². The molecule has 0 spiro atoms. The largest absolute Gasteiger partial charge is 0.467 e. The van der Waals surface area contributed by atoms with E-state index in [-0.39, 0.29) is 11.9 Å². The SMILES string of the molecule is CN=C(N)NC(N)=NCc1ccco1. The molecule has 0 saturated heterocycles. The van der Waals surface area contributed by atoms with Crippen LogP contribution in [0, 0.1) is 0 Å². The molecule has 76 valence electrons. The molecule has 0 saturated carbocycles. The summed E-state index contributed by atoms with van der Waals surface area (Å²) in [6.45, 7) is 0.378. The van der Waals surface area contributed by atoms with E-state index in [4.69, 9.17) is 15.9 Å². The zero-order chi connectivity index (χ0) is 10.4. The Bertz CT molecular complexity index is 328. The standard InChI is InChI=1S/C8H13N5O/c1-11-7(9)13-8(10)12-5-6-3-2-4-14-6/h2-4H,5H2,1H3,(H5,9,10,11,12,13). The van der Waals surface area contributed by atoms with Gasteiger partial charge in [-0.15, -0.1) is 0 Å². The second kappa shape index (κ2) is 4.90. The van der Waals surface area contributed by atoms with Gasteiger partial charge in [0.05, 0.1) is 6.26 Å². The van der Waals surface area contributed by atoms with Gasteiger partial charge in [0.25, 0.3) is 0 Å². The zero-order valence-electron chi connectivity index (χ0n) is 7.90. The molecular formula is C8H13N5O. The minimum atomic E-state index is 0.213. The van der Waals surface area contributed by atoms with Crippen LogP contribution in [0.2, 0.25) is 0 Å². The van der Waals surface area contributed by atoms with Crippen LogP contribution in [0.5, 0.6) is 0 Å². The first-order chi connectivity index (χ1) is 6.72. The molecular weight excluding hydrogens is 182 g/mol. The van der Waals surface area contributed by atoms with E-state index in [0.717, 1.165) is 5.76 Å². The fourth-order valence-corrected chi connectivity index (χ4v) is 0.792. The minimum absolute atomic E-state index is 0.213. The van der Waals surface area contributed by atoms with Gasteiger partial charge in [0.2, 0.25) is 0 Å². The molecule has 0 unspecified atom stereocenters. The molecule has 0 aliphatic rings. The van der Waals surface area contributed by atoms with Crippen LogP contribution in [0.25, 0.3) is 0 Å². The molecule has 14 heavy (non-hydrogen) atoms. The highest BCUT2D eigenvalue weighted by molar-refractivity contribution is 5.96. The fraction of sp³-hybridized carbons (Fsp3) is 0.250. The summed E-state index contributed by atoms with van der Waals surface area (Å²) in [5.41, 5.74) is 10.9. The number of nitrogens with one attached hydrogen (secondary N) is 1. The molecule has 1 heterocycles. The molecule has 1 aromatic rings. The molecule has 5 N–H and O–H groups in total. The van der Waals surface area contributed by atoms with Gasteiger partial charge in [0, 0.05) is 7.05 Å². The molecule has 6 heteroatoms. The lowest BCUT2D eigenvalue weighted by atomic mass is 10.4. The van der Waals surface area contributed by atoms with Gasteiger partial charge in [0.15, 0.2) is 11.9 Å². The molecule has 0 aliphatic heterocycles. The van der Waals surface area contributed by atoms with Crippen molar-refractivity contribution >= 4 is 11.9 Å². The summed E-state index contributed by atoms with van der Waals surface area (Å²) in [6, 6.07) is 3.60. The Morgan fingerprint density at radius 2 is 2.29 bits per heavy atom. The number of aliphatic imine (C=N–C) groups is 2. The van der Waals surface area contributed by atoms with Gasteiger partial charge in [-0.1, -0.05) is 0 Å². The van der Waals surface area contributed by atoms with Crippen molar-refractivity contribution in [1.29, 1.82) is 0 Å². The highest BCUT2D eigenvalue weighted by Crippen LogP contribution is 2.00. The van der Waals surface area contributed by atoms with Crippen LogP contribution in [0.15, 0.2) is 32.8 Å². The summed E-state index contributed by atoms with van der Waals surface area (Å²) >= 11 is 0. The summed E-state index contributed by atoms with van der Waals surface area (Å²) in [5.74, 6) is 1.18. The Hall–Kier alpha value is -1.98. The predicted molar refractivity (Wildman–Crippen MR) is 54.7 cm³/mol. The van der Waals surface area contributed by atoms with E-state index in [9.17, 15) is 0 Å². The number of furan rings is 1. The van der Waals surface area contributed by atoms with Crippen LogP contribution in [-0.4, -0.2) is 19.0 Å². The van der Waals surface area contributed by atoms with E-state index >= 15 is 0 Å². The summed E-state index contributed by atoms with van der Waals surface area (Å²) in [7, 11) is 1.56. The van der Waals surface area contributed by atoms with Crippen molar-refractivity contribution in [3.63, 3.8) is 0 Å². The number of guanidine groups is 2. The number of nitrogens with two attached hydrogens (primary N) is 2. The van der Waals surface area contributed by atoms with Gasteiger partial charge in [-0.2, -0.15) is 0 Å². The predicted octanol–water partition coefficient (Wildman–Crippen LogP) is -0.372. The quantitative estimate of drug-likeness (QED) is 0.442. The molecule has 0 radical (unpaired) electrons. The Kier molecular flexibility index (Phi) is 3.54. The average molecular weight is 195 g/mol. The van der Waals surface area contributed by atoms with Gasteiger partial charge < -0.3 is 15.9 Å². The Morgan fingerprint density at radius 1 is 1.50 bits per heavy atom. The van der Waals surface area contributed by atoms with Crippen molar-refractivity contribution in [2.45, 2.75) is 6.54 Å². The molecule has 0 bridgehead atoms. The Morgan fingerprint density at radius 3 is 2.86 bits per heavy atom. The normalized spacial score (nSPS) is 12.9. The second-order valence-corrected chi connectivity index (χ2v) is 2.51. The minimum Gasteiger partial charge on any atom is -0.467 e. The van der Waals surface area contributed by atoms with Gasteiger partial charge in [0.1, 0.15) is 12.3 Å². The monoisotopic (exact) mass is 195 g/mol. The van der Waals surface area contributed by atoms with Crippen LogP contribution in [0.4, 0.5) is 0 Å². The van der Waals surface area contributed by atoms with Crippen molar-refractivity contribution in [2.24, 2.45) is 21.5 Å². The lowest BCUT2D eigenvalue weighted by molar-refractivity contribution is 0.512. The van der Waals surface area contributed by atoms with E-state index in [1.165, 1.54) is 0 Å². The third-order valence-corrected chi connectivity index (χ3v) is 1.48. The average Bonchev–Trinajstić information content (AvgIpc) is 2.67. The van der Waals surface area contributed by atoms with Crippen molar-refractivity contribution in [1.82, 2.24) is 5.32 Å². The van der Waals surface area contributed by atoms with Crippen LogP contribution in [-0.2, 0) is 6.54 Å². The first-order valence-corrected chi connectivity index (χ1v) is 4.04. The molecule has 0 fully saturated rings. The highest BCUT2D eigenvalue weighted by Gasteiger charge is 1.95. The molecule has 6 nitrogen and oxygen atoms in total. The summed E-state index contributed by atoms with van der Waals surface area (Å²) in [4.78, 5) is 7.66. The van der Waals surface area contributed by atoms with E-state index in [1.807, 2.05) is 6.07 Å². The van der Waals surface area contributed by atoms with Crippen LogP contribution >= 0.6 is 0 Å². The first kappa shape index (κ1) is 10.1. The molecule has 1 aromatic heterocycles. The first-order valence-electron chi connectivity index (χ1n) is 4.04. The number of rotatable bonds is 2. The van der Waals surface area contributed by atoms with Crippen molar-refractivity contribution in [3.05, 3.63) is 24.2 Å². The van der Waals surface area contributed by atoms with Crippen molar-refractivity contribution in [2.75, 3.05) is 7.05 Å². The Balaban J connectivity index is 2.45. The zero-order valence-corrected chi connectivity index (χ0v) is 7.90. The van der Waals surface area contributed by atoms with Gasteiger partial charge in [-0.3, -0.25) is 10.3 Å². The highest BCUT2D eigenvalue weighted by atomic mass is 16.3. The van der Waals surface area contributed by atoms with Crippen molar-refractivity contribution < 1.29 is 4.42 Å². The summed E-state index contributed by atoms with van der Waals surface area (Å²) in [6.07, 6.45) is 1.58. The number of hydrogen-bond acceptors (Lipinski definition) is 3. The third-order valence-electron chi connectivity index (χ3n) is 1.48. The van der Waals surface area contributed by atoms with E-state index in [0.29, 0.717) is 6.54 Å². The third kappa shape index (κ3) is 3.18. The lowest BCUT2D eigenvalue weighted by Crippen LogP contribution is -2.41. The topological polar surface area (TPSA) is 102 Å². The smallest absolute Gasteiger partial charge is 0.195 e. The molecule has 0 atom stereocenters. The lowest BCUT2D eigenvalue weighted by Gasteiger charge is -2.02. The maximum absolute atomic E-state index is 5.50. The van der Waals surface area contributed by atoms with Crippen LogP contribution < -0.4 is 16.8 Å². The molecule has 0 aliphatic carbocycles. The summed E-state index contributed by atoms with van der Waals surface area (Å²) in [5, 5.41) is 2.61. The van der Waals surface area contributed by atoms with Crippen molar-refractivity contribution in [3.8, 4) is 0 Å². The molecule has 1 rings (SSSR count). The molecule has 0 amide bonds. The van der Waals surface area contributed by atoms with E-state index in [2.05, 4.69) is 15.3 Å².